The summed E-state index contributed by atoms with van der Waals surface area (Å²) >= 11 is 0. The molecule has 0 saturated heterocycles. The molecule has 1 heteroatoms. The van der Waals surface area contributed by atoms with Crippen molar-refractivity contribution < 1.29 is 5.11 Å². The van der Waals surface area contributed by atoms with E-state index >= 15 is 0 Å². The van der Waals surface area contributed by atoms with Gasteiger partial charge >= 0.3 is 0 Å². The third-order valence-electron chi connectivity index (χ3n) is 2.29. The summed E-state index contributed by atoms with van der Waals surface area (Å²) in [4.78, 5) is 0. The van der Waals surface area contributed by atoms with Gasteiger partial charge in [-0.3, -0.25) is 0 Å². The maximum absolute atomic E-state index is 9.70. The summed E-state index contributed by atoms with van der Waals surface area (Å²) < 4.78 is 0. The van der Waals surface area contributed by atoms with E-state index in [0.717, 1.165) is 18.8 Å². The van der Waals surface area contributed by atoms with Crippen molar-refractivity contribution in [2.45, 2.75) is 60.0 Å². The third-order valence-corrected chi connectivity index (χ3v) is 2.29. The minimum Gasteiger partial charge on any atom is -0.393 e. The van der Waals surface area contributed by atoms with Crippen molar-refractivity contribution in [2.75, 3.05) is 0 Å². The van der Waals surface area contributed by atoms with Crippen molar-refractivity contribution in [3.05, 3.63) is 0 Å². The van der Waals surface area contributed by atoms with Gasteiger partial charge in [-0.15, -0.1) is 0 Å². The molecule has 2 unspecified atom stereocenters. The van der Waals surface area contributed by atoms with Crippen LogP contribution in [0.15, 0.2) is 0 Å². The Bertz CT molecular complexity index is 104. The van der Waals surface area contributed by atoms with E-state index in [0.29, 0.717) is 11.8 Å². The lowest BCUT2D eigenvalue weighted by molar-refractivity contribution is 0.118. The molecule has 1 N–H and O–H groups in total. The molecule has 0 aromatic rings. The maximum Gasteiger partial charge on any atom is 0.0545 e. The molecule has 13 heavy (non-hydrogen) atoms. The van der Waals surface area contributed by atoms with E-state index in [2.05, 4.69) is 34.6 Å². The Morgan fingerprint density at radius 3 is 1.62 bits per heavy atom. The zero-order valence-electron chi connectivity index (χ0n) is 9.88. The van der Waals surface area contributed by atoms with Gasteiger partial charge in [0.25, 0.3) is 0 Å². The van der Waals surface area contributed by atoms with E-state index in [4.69, 9.17) is 0 Å². The van der Waals surface area contributed by atoms with Crippen LogP contribution < -0.4 is 0 Å². The van der Waals surface area contributed by atoms with Gasteiger partial charge in [0.15, 0.2) is 0 Å². The van der Waals surface area contributed by atoms with Crippen LogP contribution in [-0.4, -0.2) is 11.2 Å². The zero-order valence-corrected chi connectivity index (χ0v) is 9.88. The summed E-state index contributed by atoms with van der Waals surface area (Å²) in [7, 11) is 0. The number of hydrogen-bond donors (Lipinski definition) is 1. The van der Waals surface area contributed by atoms with Crippen molar-refractivity contribution in [3.8, 4) is 0 Å². The molecule has 0 aromatic carbocycles. The van der Waals surface area contributed by atoms with Crippen LogP contribution in [-0.2, 0) is 0 Å². The SMILES string of the molecule is CC(C)CC(C)CC(O)CC(C)C. The van der Waals surface area contributed by atoms with E-state index in [1.807, 2.05) is 0 Å². The second kappa shape index (κ2) is 6.42. The Morgan fingerprint density at radius 2 is 1.23 bits per heavy atom. The van der Waals surface area contributed by atoms with Crippen LogP contribution in [0, 0.1) is 17.8 Å². The first-order valence-corrected chi connectivity index (χ1v) is 5.59. The van der Waals surface area contributed by atoms with Crippen molar-refractivity contribution in [2.24, 2.45) is 17.8 Å². The average Bonchev–Trinajstić information content (AvgIpc) is 1.80. The fourth-order valence-electron chi connectivity index (χ4n) is 2.01. The lowest BCUT2D eigenvalue weighted by Crippen LogP contribution is -2.15. The summed E-state index contributed by atoms with van der Waals surface area (Å²) in [6.07, 6.45) is 3.06. The van der Waals surface area contributed by atoms with Crippen LogP contribution in [0.2, 0.25) is 0 Å². The summed E-state index contributed by atoms with van der Waals surface area (Å²) in [6, 6.07) is 0. The van der Waals surface area contributed by atoms with E-state index in [1.165, 1.54) is 6.42 Å². The van der Waals surface area contributed by atoms with Gasteiger partial charge in [0.2, 0.25) is 0 Å². The second-order valence-electron chi connectivity index (χ2n) is 5.25. The molecule has 0 aromatic heterocycles. The third kappa shape index (κ3) is 8.29. The number of aliphatic hydroxyl groups is 1. The molecule has 0 amide bonds. The Kier molecular flexibility index (Phi) is 6.40. The van der Waals surface area contributed by atoms with Gasteiger partial charge in [0.1, 0.15) is 0 Å². The Hall–Kier alpha value is -0.0400. The predicted molar refractivity (Wildman–Crippen MR) is 58.7 cm³/mol. The van der Waals surface area contributed by atoms with Crippen molar-refractivity contribution in [1.82, 2.24) is 0 Å². The summed E-state index contributed by atoms with van der Waals surface area (Å²) in [5, 5.41) is 9.70. The van der Waals surface area contributed by atoms with Crippen molar-refractivity contribution >= 4 is 0 Å². The van der Waals surface area contributed by atoms with Crippen LogP contribution in [0.25, 0.3) is 0 Å². The lowest BCUT2D eigenvalue weighted by atomic mass is 9.91. The molecule has 2 atom stereocenters. The first-order valence-electron chi connectivity index (χ1n) is 5.59. The molecule has 0 spiro atoms. The topological polar surface area (TPSA) is 20.2 Å². The Morgan fingerprint density at radius 1 is 0.769 bits per heavy atom. The highest BCUT2D eigenvalue weighted by molar-refractivity contribution is 4.64. The van der Waals surface area contributed by atoms with Gasteiger partial charge in [-0.2, -0.15) is 0 Å². The first-order chi connectivity index (χ1) is 5.91. The Balaban J connectivity index is 3.58. The molecule has 0 aliphatic carbocycles. The van der Waals surface area contributed by atoms with Gasteiger partial charge in [-0.25, -0.2) is 0 Å². The summed E-state index contributed by atoms with van der Waals surface area (Å²) in [5.74, 6) is 2.02. The fourth-order valence-corrected chi connectivity index (χ4v) is 2.01. The highest BCUT2D eigenvalue weighted by atomic mass is 16.3. The lowest BCUT2D eigenvalue weighted by Gasteiger charge is -2.19. The molecule has 0 radical (unpaired) electrons. The standard InChI is InChI=1S/C12H26O/c1-9(2)6-11(5)8-12(13)7-10(3)4/h9-13H,6-8H2,1-5H3. The van der Waals surface area contributed by atoms with Gasteiger partial charge in [-0.1, -0.05) is 34.6 Å². The van der Waals surface area contributed by atoms with E-state index in [-0.39, 0.29) is 6.10 Å². The van der Waals surface area contributed by atoms with E-state index in [1.54, 1.807) is 0 Å². The van der Waals surface area contributed by atoms with Crippen molar-refractivity contribution in [3.63, 3.8) is 0 Å². The Labute approximate surface area is 83.5 Å². The molecule has 0 aliphatic rings. The van der Waals surface area contributed by atoms with Crippen molar-refractivity contribution in [1.29, 1.82) is 0 Å². The van der Waals surface area contributed by atoms with Crippen LogP contribution in [0.1, 0.15) is 53.9 Å². The summed E-state index contributed by atoms with van der Waals surface area (Å²) in [6.45, 7) is 11.0. The summed E-state index contributed by atoms with van der Waals surface area (Å²) in [5.41, 5.74) is 0. The van der Waals surface area contributed by atoms with Crippen LogP contribution in [0.3, 0.4) is 0 Å². The highest BCUT2D eigenvalue weighted by Gasteiger charge is 2.12. The molecule has 0 rings (SSSR count). The van der Waals surface area contributed by atoms with Gasteiger partial charge < -0.3 is 5.11 Å². The predicted octanol–water partition coefficient (Wildman–Crippen LogP) is 3.47. The maximum atomic E-state index is 9.70. The molecule has 1 nitrogen and oxygen atoms in total. The normalized spacial score (nSPS) is 16.6. The van der Waals surface area contributed by atoms with Gasteiger partial charge in [0.05, 0.1) is 6.10 Å². The number of rotatable bonds is 6. The molecule has 0 aliphatic heterocycles. The molecule has 80 valence electrons. The molecule has 0 heterocycles. The quantitative estimate of drug-likeness (QED) is 0.673. The molecular weight excluding hydrogens is 160 g/mol. The smallest absolute Gasteiger partial charge is 0.0545 e. The number of aliphatic hydroxyl groups excluding tert-OH is 1. The van der Waals surface area contributed by atoms with Crippen LogP contribution in [0.5, 0.6) is 0 Å². The minimum absolute atomic E-state index is 0.0891. The van der Waals surface area contributed by atoms with Gasteiger partial charge in [-0.05, 0) is 37.0 Å². The van der Waals surface area contributed by atoms with E-state index in [9.17, 15) is 5.11 Å². The van der Waals surface area contributed by atoms with Crippen LogP contribution in [0.4, 0.5) is 0 Å². The largest absolute Gasteiger partial charge is 0.393 e. The molecule has 0 fully saturated rings. The van der Waals surface area contributed by atoms with Crippen LogP contribution >= 0.6 is 0 Å². The zero-order chi connectivity index (χ0) is 10.4. The molecule has 0 bridgehead atoms. The van der Waals surface area contributed by atoms with Gasteiger partial charge in [0, 0.05) is 0 Å². The average molecular weight is 186 g/mol. The monoisotopic (exact) mass is 186 g/mol. The fraction of sp³-hybridized carbons (Fsp3) is 1.00. The highest BCUT2D eigenvalue weighted by Crippen LogP contribution is 2.19. The minimum atomic E-state index is -0.0891. The molecular formula is C12H26O. The number of hydrogen-bond acceptors (Lipinski definition) is 1. The second-order valence-corrected chi connectivity index (χ2v) is 5.25. The first kappa shape index (κ1) is 13.0. The van der Waals surface area contributed by atoms with E-state index < -0.39 is 0 Å². The molecule has 0 saturated carbocycles.